The lowest BCUT2D eigenvalue weighted by atomic mass is 10.1. The van der Waals surface area contributed by atoms with Crippen LogP contribution >= 0.6 is 11.6 Å². The van der Waals surface area contributed by atoms with Crippen LogP contribution < -0.4 is 5.43 Å². The summed E-state index contributed by atoms with van der Waals surface area (Å²) >= 11 is 6.13. The molecule has 0 saturated carbocycles. The molecule has 0 unspecified atom stereocenters. The van der Waals surface area contributed by atoms with E-state index >= 15 is 0 Å². The molecule has 1 heterocycles. The van der Waals surface area contributed by atoms with Crippen LogP contribution in [0.1, 0.15) is 23.0 Å². The molecule has 2 aromatic carbocycles. The van der Waals surface area contributed by atoms with Gasteiger partial charge in [-0.2, -0.15) is 5.10 Å². The summed E-state index contributed by atoms with van der Waals surface area (Å²) in [5.74, 6) is 0.486. The molecule has 26 heavy (non-hydrogen) atoms. The van der Waals surface area contributed by atoms with Crippen molar-refractivity contribution in [1.82, 2.24) is 5.43 Å². The summed E-state index contributed by atoms with van der Waals surface area (Å²) < 4.78 is 5.67. The molecule has 0 spiro atoms. The summed E-state index contributed by atoms with van der Waals surface area (Å²) in [5, 5.41) is 14.5. The molecule has 2 N–H and O–H groups in total. The normalized spacial score (nSPS) is 12.3. The van der Waals surface area contributed by atoms with Crippen molar-refractivity contribution in [2.75, 3.05) is 0 Å². The van der Waals surface area contributed by atoms with Crippen LogP contribution in [0.4, 0.5) is 0 Å². The van der Waals surface area contributed by atoms with Gasteiger partial charge in [0, 0.05) is 10.6 Å². The molecular weight excluding hydrogens is 352 g/mol. The zero-order chi connectivity index (χ0) is 18.5. The van der Waals surface area contributed by atoms with Crippen molar-refractivity contribution in [2.45, 2.75) is 13.0 Å². The zero-order valence-corrected chi connectivity index (χ0v) is 14.8. The summed E-state index contributed by atoms with van der Waals surface area (Å²) in [6.45, 7) is 1.93. The third kappa shape index (κ3) is 4.20. The first-order chi connectivity index (χ1) is 12.5. The van der Waals surface area contributed by atoms with Crippen LogP contribution in [-0.2, 0) is 4.79 Å². The zero-order valence-electron chi connectivity index (χ0n) is 14.0. The lowest BCUT2D eigenvalue weighted by Gasteiger charge is -2.08. The van der Waals surface area contributed by atoms with Crippen LogP contribution in [0.2, 0.25) is 5.02 Å². The SMILES string of the molecule is Cc1ccc(-c2ccc(/C=N\NC(=O)[C@H](O)c3ccccc3)o2)cc1Cl. The molecular formula is C20H17ClN2O3. The Bertz CT molecular complexity index is 935. The average molecular weight is 369 g/mol. The number of carbonyl (C=O) groups is 1. The Morgan fingerprint density at radius 1 is 1.19 bits per heavy atom. The van der Waals surface area contributed by atoms with Gasteiger partial charge in [-0.15, -0.1) is 0 Å². The number of hydrogen-bond acceptors (Lipinski definition) is 4. The van der Waals surface area contributed by atoms with Gasteiger partial charge in [0.1, 0.15) is 11.5 Å². The molecule has 0 bridgehead atoms. The molecule has 0 saturated heterocycles. The van der Waals surface area contributed by atoms with Gasteiger partial charge in [-0.3, -0.25) is 4.79 Å². The number of amides is 1. The molecule has 0 aliphatic heterocycles. The molecule has 5 nitrogen and oxygen atoms in total. The third-order valence-corrected chi connectivity index (χ3v) is 4.22. The Balaban J connectivity index is 1.63. The Labute approximate surface area is 155 Å². The predicted octanol–water partition coefficient (Wildman–Crippen LogP) is 4.09. The highest BCUT2D eigenvalue weighted by molar-refractivity contribution is 6.31. The second-order valence-electron chi connectivity index (χ2n) is 5.71. The van der Waals surface area contributed by atoms with Gasteiger partial charge in [0.25, 0.3) is 5.91 Å². The number of aliphatic hydroxyl groups excluding tert-OH is 1. The molecule has 0 aliphatic carbocycles. The Hall–Kier alpha value is -2.89. The van der Waals surface area contributed by atoms with E-state index in [0.29, 0.717) is 22.1 Å². The molecule has 1 atom stereocenters. The first kappa shape index (κ1) is 17.9. The van der Waals surface area contributed by atoms with E-state index in [1.807, 2.05) is 31.2 Å². The van der Waals surface area contributed by atoms with Gasteiger partial charge in [-0.05, 0) is 36.2 Å². The maximum absolute atomic E-state index is 11.9. The number of carbonyl (C=O) groups excluding carboxylic acids is 1. The highest BCUT2D eigenvalue weighted by Gasteiger charge is 2.16. The monoisotopic (exact) mass is 368 g/mol. The van der Waals surface area contributed by atoms with Crippen molar-refractivity contribution in [2.24, 2.45) is 5.10 Å². The fourth-order valence-corrected chi connectivity index (χ4v) is 2.51. The van der Waals surface area contributed by atoms with Gasteiger partial charge >= 0.3 is 0 Å². The van der Waals surface area contributed by atoms with Crippen LogP contribution in [0.25, 0.3) is 11.3 Å². The Kier molecular flexibility index (Phi) is 5.51. The van der Waals surface area contributed by atoms with E-state index in [4.69, 9.17) is 16.0 Å². The number of hydrogen-bond donors (Lipinski definition) is 2. The van der Waals surface area contributed by atoms with Gasteiger partial charge in [0.2, 0.25) is 0 Å². The number of halogens is 1. The lowest BCUT2D eigenvalue weighted by molar-refractivity contribution is -0.129. The third-order valence-electron chi connectivity index (χ3n) is 3.81. The van der Waals surface area contributed by atoms with E-state index in [-0.39, 0.29) is 0 Å². The Morgan fingerprint density at radius 3 is 2.69 bits per heavy atom. The molecule has 3 aromatic rings. The molecule has 132 valence electrons. The smallest absolute Gasteiger partial charge is 0.273 e. The quantitative estimate of drug-likeness (QED) is 0.526. The van der Waals surface area contributed by atoms with Crippen LogP contribution in [0.3, 0.4) is 0 Å². The van der Waals surface area contributed by atoms with Gasteiger partial charge in [0.05, 0.1) is 6.21 Å². The lowest BCUT2D eigenvalue weighted by Crippen LogP contribution is -2.25. The van der Waals surface area contributed by atoms with E-state index in [1.54, 1.807) is 36.4 Å². The highest BCUT2D eigenvalue weighted by atomic mass is 35.5. The first-order valence-electron chi connectivity index (χ1n) is 7.97. The van der Waals surface area contributed by atoms with Crippen molar-refractivity contribution in [3.05, 3.63) is 82.6 Å². The largest absolute Gasteiger partial charge is 0.455 e. The highest BCUT2D eigenvalue weighted by Crippen LogP contribution is 2.26. The number of aliphatic hydroxyl groups is 1. The topological polar surface area (TPSA) is 74.8 Å². The first-order valence-corrected chi connectivity index (χ1v) is 8.34. The average Bonchev–Trinajstić information content (AvgIpc) is 3.13. The van der Waals surface area contributed by atoms with Crippen LogP contribution in [-0.4, -0.2) is 17.2 Å². The minimum Gasteiger partial charge on any atom is -0.455 e. The second-order valence-corrected chi connectivity index (χ2v) is 6.12. The van der Waals surface area contributed by atoms with E-state index < -0.39 is 12.0 Å². The van der Waals surface area contributed by atoms with E-state index in [2.05, 4.69) is 10.5 Å². The summed E-state index contributed by atoms with van der Waals surface area (Å²) in [5.41, 5.74) is 4.63. The van der Waals surface area contributed by atoms with Gasteiger partial charge in [-0.1, -0.05) is 54.1 Å². The van der Waals surface area contributed by atoms with Crippen LogP contribution in [0.15, 0.2) is 70.2 Å². The van der Waals surface area contributed by atoms with Crippen LogP contribution in [0, 0.1) is 6.92 Å². The number of aryl methyl sites for hydroxylation is 1. The summed E-state index contributed by atoms with van der Waals surface area (Å²) in [6.07, 6.45) is 0.0877. The van der Waals surface area contributed by atoms with Gasteiger partial charge in [-0.25, -0.2) is 5.43 Å². The number of nitrogens with one attached hydrogen (secondary N) is 1. The van der Waals surface area contributed by atoms with E-state index in [9.17, 15) is 9.90 Å². The van der Waals surface area contributed by atoms with Crippen molar-refractivity contribution < 1.29 is 14.3 Å². The number of furan rings is 1. The molecule has 0 fully saturated rings. The number of benzene rings is 2. The second kappa shape index (κ2) is 7.99. The minimum atomic E-state index is -1.28. The van der Waals surface area contributed by atoms with E-state index in [1.165, 1.54) is 6.21 Å². The van der Waals surface area contributed by atoms with E-state index in [0.717, 1.165) is 11.1 Å². The van der Waals surface area contributed by atoms with Gasteiger partial charge < -0.3 is 9.52 Å². The van der Waals surface area contributed by atoms with Crippen molar-refractivity contribution in [3.8, 4) is 11.3 Å². The van der Waals surface area contributed by atoms with Gasteiger partial charge in [0.15, 0.2) is 6.10 Å². The van der Waals surface area contributed by atoms with Crippen molar-refractivity contribution >= 4 is 23.7 Å². The van der Waals surface area contributed by atoms with Crippen LogP contribution in [0.5, 0.6) is 0 Å². The molecule has 0 radical (unpaired) electrons. The standard InChI is InChI=1S/C20H17ClN2O3/c1-13-7-8-15(11-17(13)21)18-10-9-16(26-18)12-22-23-20(25)19(24)14-5-3-2-4-6-14/h2-12,19,24H,1H3,(H,23,25)/b22-12-/t19-/m1/s1. The maximum Gasteiger partial charge on any atom is 0.273 e. The minimum absolute atomic E-state index is 0.464. The number of nitrogens with zero attached hydrogens (tertiary/aromatic N) is 1. The molecule has 0 aliphatic rings. The summed E-state index contributed by atoms with van der Waals surface area (Å²) in [7, 11) is 0. The number of hydrazone groups is 1. The summed E-state index contributed by atoms with van der Waals surface area (Å²) in [6, 6.07) is 17.8. The fraction of sp³-hybridized carbons (Fsp3) is 0.100. The Morgan fingerprint density at radius 2 is 1.96 bits per heavy atom. The summed E-state index contributed by atoms with van der Waals surface area (Å²) in [4.78, 5) is 11.9. The molecule has 1 amide bonds. The predicted molar refractivity (Wildman–Crippen MR) is 101 cm³/mol. The van der Waals surface area contributed by atoms with Crippen molar-refractivity contribution in [1.29, 1.82) is 0 Å². The molecule has 3 rings (SSSR count). The molecule has 1 aromatic heterocycles. The molecule has 6 heteroatoms. The number of rotatable bonds is 5. The fourth-order valence-electron chi connectivity index (χ4n) is 2.33. The van der Waals surface area contributed by atoms with Crippen molar-refractivity contribution in [3.63, 3.8) is 0 Å². The maximum atomic E-state index is 11.9.